The maximum atomic E-state index is 12.9. The molecule has 1 atom stereocenters. The molecule has 1 amide bonds. The third kappa shape index (κ3) is 4.37. The van der Waals surface area contributed by atoms with E-state index in [1.807, 2.05) is 6.92 Å². The van der Waals surface area contributed by atoms with Crippen molar-refractivity contribution >= 4 is 11.6 Å². The molecule has 0 saturated heterocycles. The average Bonchev–Trinajstić information content (AvgIpc) is 2.25. The van der Waals surface area contributed by atoms with Crippen molar-refractivity contribution in [1.29, 1.82) is 0 Å². The van der Waals surface area contributed by atoms with E-state index in [1.165, 1.54) is 0 Å². The Morgan fingerprint density at radius 1 is 1.33 bits per heavy atom. The molecule has 1 unspecified atom stereocenters. The fraction of sp³-hybridized carbons (Fsp3) is 0.417. The minimum absolute atomic E-state index is 0.00138. The van der Waals surface area contributed by atoms with E-state index in [9.17, 15) is 18.0 Å². The van der Waals surface area contributed by atoms with Crippen molar-refractivity contribution in [3.8, 4) is 0 Å². The zero-order chi connectivity index (χ0) is 13.7. The molecule has 0 aliphatic carbocycles. The molecular weight excluding hydrogens is 245 g/mol. The lowest BCUT2D eigenvalue weighted by molar-refractivity contribution is -0.116. The summed E-state index contributed by atoms with van der Waals surface area (Å²) in [5, 5.41) is 2.30. The van der Waals surface area contributed by atoms with Crippen LogP contribution in [0.2, 0.25) is 0 Å². The van der Waals surface area contributed by atoms with Gasteiger partial charge in [-0.15, -0.1) is 0 Å². The predicted molar refractivity (Wildman–Crippen MR) is 62.4 cm³/mol. The van der Waals surface area contributed by atoms with Gasteiger partial charge in [0.25, 0.3) is 0 Å². The molecule has 100 valence electrons. The van der Waals surface area contributed by atoms with Crippen LogP contribution in [0.4, 0.5) is 18.9 Å². The Bertz CT molecular complexity index is 412. The number of halogens is 3. The van der Waals surface area contributed by atoms with Crippen LogP contribution in [0.3, 0.4) is 0 Å². The number of carbonyl (C=O) groups excluding carboxylic acids is 1. The summed E-state index contributed by atoms with van der Waals surface area (Å²) in [5.41, 5.74) is 5.42. The van der Waals surface area contributed by atoms with Gasteiger partial charge in [0, 0.05) is 30.3 Å². The van der Waals surface area contributed by atoms with E-state index in [0.29, 0.717) is 12.8 Å². The van der Waals surface area contributed by atoms with Gasteiger partial charge in [0.15, 0.2) is 17.5 Å². The summed E-state index contributed by atoms with van der Waals surface area (Å²) in [6.07, 6.45) is 1.46. The molecule has 0 heterocycles. The average molecular weight is 260 g/mol. The molecule has 1 aromatic rings. The summed E-state index contributed by atoms with van der Waals surface area (Å²) in [5.74, 6) is -4.60. The highest BCUT2D eigenvalue weighted by Gasteiger charge is 2.12. The van der Waals surface area contributed by atoms with Gasteiger partial charge < -0.3 is 11.1 Å². The Morgan fingerprint density at radius 2 is 1.89 bits per heavy atom. The molecule has 0 spiro atoms. The monoisotopic (exact) mass is 260 g/mol. The van der Waals surface area contributed by atoms with Crippen LogP contribution in [0, 0.1) is 17.5 Å². The molecule has 0 aromatic heterocycles. The predicted octanol–water partition coefficient (Wildman–Crippen LogP) is 2.56. The molecule has 1 aromatic carbocycles. The van der Waals surface area contributed by atoms with Gasteiger partial charge in [0.2, 0.25) is 5.91 Å². The van der Waals surface area contributed by atoms with Crippen LogP contribution in [0.15, 0.2) is 12.1 Å². The Hall–Kier alpha value is -1.56. The van der Waals surface area contributed by atoms with E-state index in [-0.39, 0.29) is 24.1 Å². The quantitative estimate of drug-likeness (QED) is 0.799. The summed E-state index contributed by atoms with van der Waals surface area (Å²) in [6.45, 7) is 1.82. The second kappa shape index (κ2) is 6.39. The largest absolute Gasteiger partial charge is 0.328 e. The Morgan fingerprint density at radius 3 is 2.39 bits per heavy atom. The molecule has 3 nitrogen and oxygen atoms in total. The van der Waals surface area contributed by atoms with Gasteiger partial charge in [0.1, 0.15) is 0 Å². The third-order valence-electron chi connectivity index (χ3n) is 2.33. The van der Waals surface area contributed by atoms with Crippen molar-refractivity contribution in [2.75, 3.05) is 5.32 Å². The number of nitrogens with two attached hydrogens (primary N) is 1. The number of benzene rings is 1. The molecule has 0 aliphatic heterocycles. The Balaban J connectivity index is 2.54. The molecule has 0 fully saturated rings. The molecule has 0 bridgehead atoms. The lowest BCUT2D eigenvalue weighted by Gasteiger charge is -2.07. The first kappa shape index (κ1) is 14.5. The molecular formula is C12H15F3N2O. The van der Waals surface area contributed by atoms with Crippen LogP contribution < -0.4 is 11.1 Å². The summed E-state index contributed by atoms with van der Waals surface area (Å²) in [6, 6.07) is 1.47. The van der Waals surface area contributed by atoms with Crippen molar-refractivity contribution in [2.24, 2.45) is 5.73 Å². The first-order valence-corrected chi connectivity index (χ1v) is 5.60. The smallest absolute Gasteiger partial charge is 0.224 e. The van der Waals surface area contributed by atoms with Gasteiger partial charge in [-0.3, -0.25) is 4.79 Å². The normalized spacial score (nSPS) is 12.3. The number of amides is 1. The van der Waals surface area contributed by atoms with Gasteiger partial charge in [-0.05, 0) is 19.8 Å². The Kier molecular flexibility index (Phi) is 5.15. The highest BCUT2D eigenvalue weighted by molar-refractivity contribution is 5.90. The van der Waals surface area contributed by atoms with Gasteiger partial charge in [-0.25, -0.2) is 13.2 Å². The van der Waals surface area contributed by atoms with Crippen molar-refractivity contribution in [1.82, 2.24) is 0 Å². The van der Waals surface area contributed by atoms with E-state index >= 15 is 0 Å². The SMILES string of the molecule is CC(N)CCCC(=O)Nc1cc(F)c(F)c(F)c1. The van der Waals surface area contributed by atoms with Crippen LogP contribution in [0.5, 0.6) is 0 Å². The van der Waals surface area contributed by atoms with Crippen molar-refractivity contribution < 1.29 is 18.0 Å². The van der Waals surface area contributed by atoms with E-state index in [0.717, 1.165) is 12.1 Å². The summed E-state index contributed by atoms with van der Waals surface area (Å²) >= 11 is 0. The number of carbonyl (C=O) groups is 1. The van der Waals surface area contributed by atoms with Crippen LogP contribution in [0.1, 0.15) is 26.2 Å². The molecule has 0 aliphatic rings. The van der Waals surface area contributed by atoms with E-state index in [2.05, 4.69) is 5.32 Å². The number of rotatable bonds is 5. The third-order valence-corrected chi connectivity index (χ3v) is 2.33. The van der Waals surface area contributed by atoms with Crippen LogP contribution in [0.25, 0.3) is 0 Å². The number of nitrogens with one attached hydrogen (secondary N) is 1. The zero-order valence-electron chi connectivity index (χ0n) is 9.97. The summed E-state index contributed by atoms with van der Waals surface area (Å²) < 4.78 is 38.4. The van der Waals surface area contributed by atoms with Crippen molar-refractivity contribution in [3.05, 3.63) is 29.6 Å². The lowest BCUT2D eigenvalue weighted by Crippen LogP contribution is -2.17. The summed E-state index contributed by atoms with van der Waals surface area (Å²) in [7, 11) is 0. The molecule has 3 N–H and O–H groups in total. The van der Waals surface area contributed by atoms with Gasteiger partial charge in [-0.2, -0.15) is 0 Å². The molecule has 18 heavy (non-hydrogen) atoms. The fourth-order valence-electron chi connectivity index (χ4n) is 1.44. The summed E-state index contributed by atoms with van der Waals surface area (Å²) in [4.78, 5) is 11.4. The van der Waals surface area contributed by atoms with E-state index in [1.54, 1.807) is 0 Å². The topological polar surface area (TPSA) is 55.1 Å². The first-order chi connectivity index (χ1) is 8.40. The maximum Gasteiger partial charge on any atom is 0.224 e. The van der Waals surface area contributed by atoms with Crippen molar-refractivity contribution in [3.63, 3.8) is 0 Å². The van der Waals surface area contributed by atoms with Crippen LogP contribution in [-0.4, -0.2) is 11.9 Å². The highest BCUT2D eigenvalue weighted by Crippen LogP contribution is 2.17. The number of hydrogen-bond acceptors (Lipinski definition) is 2. The minimum atomic E-state index is -1.55. The molecule has 6 heteroatoms. The minimum Gasteiger partial charge on any atom is -0.328 e. The van der Waals surface area contributed by atoms with Crippen LogP contribution in [-0.2, 0) is 4.79 Å². The van der Waals surface area contributed by atoms with Crippen molar-refractivity contribution in [2.45, 2.75) is 32.2 Å². The number of anilines is 1. The second-order valence-electron chi connectivity index (χ2n) is 4.17. The maximum absolute atomic E-state index is 12.9. The van der Waals surface area contributed by atoms with Gasteiger partial charge >= 0.3 is 0 Å². The second-order valence-corrected chi connectivity index (χ2v) is 4.17. The standard InChI is InChI=1S/C12H15F3N2O/c1-7(16)3-2-4-11(18)17-8-5-9(13)12(15)10(14)6-8/h5-7H,2-4,16H2,1H3,(H,17,18). The molecule has 0 radical (unpaired) electrons. The molecule has 1 rings (SSSR count). The van der Waals surface area contributed by atoms with Gasteiger partial charge in [-0.1, -0.05) is 0 Å². The fourth-order valence-corrected chi connectivity index (χ4v) is 1.44. The van der Waals surface area contributed by atoms with E-state index < -0.39 is 17.5 Å². The Labute approximate surface area is 103 Å². The van der Waals surface area contributed by atoms with Gasteiger partial charge in [0.05, 0.1) is 0 Å². The molecule has 0 saturated carbocycles. The van der Waals surface area contributed by atoms with E-state index in [4.69, 9.17) is 5.73 Å². The first-order valence-electron chi connectivity index (χ1n) is 5.60. The highest BCUT2D eigenvalue weighted by atomic mass is 19.2. The zero-order valence-corrected chi connectivity index (χ0v) is 9.97. The van der Waals surface area contributed by atoms with Crippen LogP contribution >= 0.6 is 0 Å². The number of hydrogen-bond donors (Lipinski definition) is 2. The lowest BCUT2D eigenvalue weighted by atomic mass is 10.1.